The highest BCUT2D eigenvalue weighted by Gasteiger charge is 2.15. The monoisotopic (exact) mass is 245 g/mol. The van der Waals surface area contributed by atoms with E-state index >= 15 is 0 Å². The third-order valence-electron chi connectivity index (χ3n) is 1.74. The zero-order valence-electron chi connectivity index (χ0n) is 8.43. The van der Waals surface area contributed by atoms with Crippen LogP contribution in [-0.4, -0.2) is 21.6 Å². The number of urea groups is 1. The van der Waals surface area contributed by atoms with E-state index in [9.17, 15) is 13.2 Å². The molecular formula is C8H11N3O4S. The third-order valence-corrected chi connectivity index (χ3v) is 2.67. The molecule has 1 rings (SSSR count). The largest absolute Gasteiger partial charge is 0.495 e. The highest BCUT2D eigenvalue weighted by Crippen LogP contribution is 2.25. The Balaban J connectivity index is 3.27. The van der Waals surface area contributed by atoms with Crippen LogP contribution >= 0.6 is 0 Å². The molecule has 0 saturated carbocycles. The molecule has 5 N–H and O–H groups in total. The molecule has 1 aromatic rings. The fourth-order valence-corrected chi connectivity index (χ4v) is 1.84. The predicted molar refractivity (Wildman–Crippen MR) is 57.6 cm³/mol. The van der Waals surface area contributed by atoms with Gasteiger partial charge in [-0.05, 0) is 18.2 Å². The highest BCUT2D eigenvalue weighted by atomic mass is 32.2. The summed E-state index contributed by atoms with van der Waals surface area (Å²) in [4.78, 5) is 10.4. The predicted octanol–water partition coefficient (Wildman–Crippen LogP) is -0.167. The van der Waals surface area contributed by atoms with Crippen molar-refractivity contribution < 1.29 is 17.9 Å². The molecule has 0 aliphatic rings. The van der Waals surface area contributed by atoms with Crippen LogP contribution in [0, 0.1) is 0 Å². The van der Waals surface area contributed by atoms with Gasteiger partial charge in [0.05, 0.1) is 7.11 Å². The van der Waals surface area contributed by atoms with Crippen molar-refractivity contribution in [3.05, 3.63) is 18.2 Å². The summed E-state index contributed by atoms with van der Waals surface area (Å²) in [5.74, 6) is 0.0949. The molecule has 1 aromatic carbocycles. The summed E-state index contributed by atoms with van der Waals surface area (Å²) < 4.78 is 27.2. The second-order valence-electron chi connectivity index (χ2n) is 2.90. The molecule has 7 nitrogen and oxygen atoms in total. The first-order valence-corrected chi connectivity index (χ1v) is 5.66. The minimum atomic E-state index is -3.92. The van der Waals surface area contributed by atoms with Crippen molar-refractivity contribution in [3.63, 3.8) is 0 Å². The van der Waals surface area contributed by atoms with Gasteiger partial charge >= 0.3 is 6.03 Å². The summed E-state index contributed by atoms with van der Waals surface area (Å²) in [6.07, 6.45) is 0. The van der Waals surface area contributed by atoms with Crippen molar-refractivity contribution in [1.29, 1.82) is 0 Å². The van der Waals surface area contributed by atoms with Gasteiger partial charge in [-0.2, -0.15) is 0 Å². The first-order chi connectivity index (χ1) is 7.34. The number of ether oxygens (including phenoxy) is 1. The molecular weight excluding hydrogens is 234 g/mol. The molecule has 88 valence electrons. The minimum absolute atomic E-state index is 0.0949. The lowest BCUT2D eigenvalue weighted by Crippen LogP contribution is -2.20. The normalized spacial score (nSPS) is 10.9. The first-order valence-electron chi connectivity index (χ1n) is 4.12. The second-order valence-corrected chi connectivity index (χ2v) is 4.43. The van der Waals surface area contributed by atoms with Crippen molar-refractivity contribution in [2.24, 2.45) is 10.9 Å². The van der Waals surface area contributed by atoms with Gasteiger partial charge in [0.1, 0.15) is 10.6 Å². The molecule has 0 radical (unpaired) electrons. The molecule has 0 aromatic heterocycles. The average molecular weight is 245 g/mol. The van der Waals surface area contributed by atoms with Gasteiger partial charge in [0.2, 0.25) is 10.0 Å². The molecule has 0 heterocycles. The second kappa shape index (κ2) is 4.37. The SMILES string of the molecule is COc1ccc(NC(N)=O)cc1S(N)(=O)=O. The van der Waals surface area contributed by atoms with Crippen molar-refractivity contribution in [2.75, 3.05) is 12.4 Å². The molecule has 0 unspecified atom stereocenters. The lowest BCUT2D eigenvalue weighted by Gasteiger charge is -2.08. The summed E-state index contributed by atoms with van der Waals surface area (Å²) in [5, 5.41) is 7.21. The Bertz CT molecular complexity index is 512. The summed E-state index contributed by atoms with van der Waals surface area (Å²) in [6.45, 7) is 0. The maximum atomic E-state index is 11.2. The molecule has 0 fully saturated rings. The number of hydrogen-bond acceptors (Lipinski definition) is 4. The van der Waals surface area contributed by atoms with E-state index < -0.39 is 16.1 Å². The van der Waals surface area contributed by atoms with E-state index in [1.54, 1.807) is 0 Å². The fourth-order valence-electron chi connectivity index (χ4n) is 1.12. The number of anilines is 1. The van der Waals surface area contributed by atoms with Crippen LogP contribution in [0.1, 0.15) is 0 Å². The van der Waals surface area contributed by atoms with Crippen molar-refractivity contribution in [3.8, 4) is 5.75 Å². The van der Waals surface area contributed by atoms with Gasteiger partial charge in [0.25, 0.3) is 0 Å². The molecule has 16 heavy (non-hydrogen) atoms. The number of methoxy groups -OCH3 is 1. The number of carbonyl (C=O) groups is 1. The zero-order chi connectivity index (χ0) is 12.3. The van der Waals surface area contributed by atoms with Gasteiger partial charge in [0.15, 0.2) is 0 Å². The Kier molecular flexibility index (Phi) is 3.35. The standard InChI is InChI=1S/C8H11N3O4S/c1-15-6-3-2-5(11-8(9)12)4-7(6)16(10,13)14/h2-4H,1H3,(H3,9,11,12)(H2,10,13,14). The maximum absolute atomic E-state index is 11.2. The summed E-state index contributed by atoms with van der Waals surface area (Å²) in [7, 11) is -2.61. The van der Waals surface area contributed by atoms with Gasteiger partial charge in [-0.3, -0.25) is 0 Å². The van der Waals surface area contributed by atoms with Gasteiger partial charge in [0, 0.05) is 5.69 Å². The van der Waals surface area contributed by atoms with Crippen molar-refractivity contribution in [1.82, 2.24) is 0 Å². The number of hydrogen-bond donors (Lipinski definition) is 3. The molecule has 0 aliphatic carbocycles. The molecule has 0 saturated heterocycles. The summed E-state index contributed by atoms with van der Waals surface area (Å²) in [5.41, 5.74) is 5.11. The number of amides is 2. The topological polar surface area (TPSA) is 125 Å². The lowest BCUT2D eigenvalue weighted by atomic mass is 10.3. The summed E-state index contributed by atoms with van der Waals surface area (Å²) in [6, 6.07) is 3.17. The van der Waals surface area contributed by atoms with Crippen LogP contribution in [0.4, 0.5) is 10.5 Å². The van der Waals surface area contributed by atoms with Crippen LogP contribution in [0.3, 0.4) is 0 Å². The third kappa shape index (κ3) is 2.84. The van der Waals surface area contributed by atoms with E-state index in [1.165, 1.54) is 25.3 Å². The Morgan fingerprint density at radius 2 is 2.06 bits per heavy atom. The van der Waals surface area contributed by atoms with E-state index in [0.717, 1.165) is 0 Å². The van der Waals surface area contributed by atoms with E-state index in [4.69, 9.17) is 15.6 Å². The minimum Gasteiger partial charge on any atom is -0.495 e. The molecule has 0 bridgehead atoms. The fraction of sp³-hybridized carbons (Fsp3) is 0.125. The number of primary sulfonamides is 1. The quantitative estimate of drug-likeness (QED) is 0.683. The Morgan fingerprint density at radius 1 is 1.44 bits per heavy atom. The van der Waals surface area contributed by atoms with E-state index in [0.29, 0.717) is 0 Å². The number of rotatable bonds is 3. The number of primary amides is 1. The Labute approximate surface area is 92.4 Å². The Morgan fingerprint density at radius 3 is 2.50 bits per heavy atom. The van der Waals surface area contributed by atoms with E-state index in [2.05, 4.69) is 5.32 Å². The first kappa shape index (κ1) is 12.3. The van der Waals surface area contributed by atoms with E-state index in [-0.39, 0.29) is 16.3 Å². The van der Waals surface area contributed by atoms with Crippen LogP contribution in [0.2, 0.25) is 0 Å². The number of nitrogens with one attached hydrogen (secondary N) is 1. The van der Waals surface area contributed by atoms with Crippen LogP contribution in [0.25, 0.3) is 0 Å². The summed E-state index contributed by atoms with van der Waals surface area (Å²) >= 11 is 0. The molecule has 2 amide bonds. The van der Waals surface area contributed by atoms with Crippen molar-refractivity contribution in [2.45, 2.75) is 4.90 Å². The van der Waals surface area contributed by atoms with Crippen LogP contribution in [-0.2, 0) is 10.0 Å². The van der Waals surface area contributed by atoms with Crippen molar-refractivity contribution >= 4 is 21.7 Å². The van der Waals surface area contributed by atoms with Gasteiger partial charge in [-0.25, -0.2) is 18.4 Å². The van der Waals surface area contributed by atoms with Gasteiger partial charge in [-0.1, -0.05) is 0 Å². The molecule has 0 aliphatic heterocycles. The number of carbonyl (C=O) groups excluding carboxylic acids is 1. The Hall–Kier alpha value is -1.80. The molecule has 8 heteroatoms. The molecule has 0 atom stereocenters. The van der Waals surface area contributed by atoms with Crippen LogP contribution < -0.4 is 20.9 Å². The highest BCUT2D eigenvalue weighted by molar-refractivity contribution is 7.89. The van der Waals surface area contributed by atoms with Crippen LogP contribution in [0.15, 0.2) is 23.1 Å². The number of sulfonamides is 1. The average Bonchev–Trinajstić information content (AvgIpc) is 2.15. The van der Waals surface area contributed by atoms with Crippen LogP contribution in [0.5, 0.6) is 5.75 Å². The number of benzene rings is 1. The van der Waals surface area contributed by atoms with Gasteiger partial charge < -0.3 is 15.8 Å². The lowest BCUT2D eigenvalue weighted by molar-refractivity contribution is 0.259. The van der Waals surface area contributed by atoms with E-state index in [1.807, 2.05) is 0 Å². The zero-order valence-corrected chi connectivity index (χ0v) is 9.24. The smallest absolute Gasteiger partial charge is 0.316 e. The number of nitrogens with two attached hydrogens (primary N) is 2. The molecule has 0 spiro atoms. The maximum Gasteiger partial charge on any atom is 0.316 e. The van der Waals surface area contributed by atoms with Gasteiger partial charge in [-0.15, -0.1) is 0 Å².